The highest BCUT2D eigenvalue weighted by Crippen LogP contribution is 2.51. The third-order valence-electron chi connectivity index (χ3n) is 10.0. The number of carbonyl (C=O) groups is 2. The van der Waals surface area contributed by atoms with Crippen LogP contribution in [-0.2, 0) is 21.8 Å². The lowest BCUT2D eigenvalue weighted by molar-refractivity contribution is -0.143. The lowest BCUT2D eigenvalue weighted by Gasteiger charge is -2.28. The fourth-order valence-electron chi connectivity index (χ4n) is 7.45. The Kier molecular flexibility index (Phi) is 10.1. The maximum absolute atomic E-state index is 13.8. The molecule has 0 bridgehead atoms. The van der Waals surface area contributed by atoms with Crippen molar-refractivity contribution in [2.75, 3.05) is 33.2 Å². The van der Waals surface area contributed by atoms with Gasteiger partial charge in [-0.1, -0.05) is 26.0 Å². The number of carbonyl (C=O) groups excluding carboxylic acids is 2. The number of amides is 1. The summed E-state index contributed by atoms with van der Waals surface area (Å²) in [5.41, 5.74) is 2.11. The molecule has 6 rings (SSSR count). The monoisotopic (exact) mass is 755 g/mol. The van der Waals surface area contributed by atoms with Gasteiger partial charge in [0.05, 0.1) is 48.7 Å². The lowest BCUT2D eigenvalue weighted by atomic mass is 9.90. The van der Waals surface area contributed by atoms with Crippen LogP contribution in [0.15, 0.2) is 60.7 Å². The number of nitrogens with zero attached hydrogens (tertiary/aromatic N) is 3. The van der Waals surface area contributed by atoms with Gasteiger partial charge < -0.3 is 19.1 Å². The maximum atomic E-state index is 13.8. The second-order valence-electron chi connectivity index (χ2n) is 14.0. The number of cyclic esters (lactones) is 1. The molecule has 0 N–H and O–H groups in total. The van der Waals surface area contributed by atoms with Gasteiger partial charge in [0.2, 0.25) is 0 Å². The fraction of sp³-hybridized carbons (Fsp3) is 0.375. The Balaban J connectivity index is 1.50. The Hall–Kier alpha value is -5.27. The first-order valence-corrected chi connectivity index (χ1v) is 17.2. The second-order valence-corrected chi connectivity index (χ2v) is 14.0. The number of rotatable bonds is 8. The van der Waals surface area contributed by atoms with Crippen molar-refractivity contribution in [1.82, 2.24) is 9.88 Å². The average molecular weight is 756 g/mol. The topological polar surface area (TPSA) is 81.2 Å². The molecule has 2 aliphatic heterocycles. The number of aromatic nitrogens is 1. The van der Waals surface area contributed by atoms with Gasteiger partial charge in [0.15, 0.2) is 0 Å². The third-order valence-corrected chi connectivity index (χ3v) is 10.0. The van der Waals surface area contributed by atoms with E-state index in [1.54, 1.807) is 18.2 Å². The highest BCUT2D eigenvalue weighted by Gasteiger charge is 2.52. The quantitative estimate of drug-likeness (QED) is 0.131. The van der Waals surface area contributed by atoms with Crippen molar-refractivity contribution >= 4 is 17.9 Å². The molecule has 2 aliphatic rings. The Labute approximate surface area is 308 Å². The van der Waals surface area contributed by atoms with E-state index >= 15 is 0 Å². The summed E-state index contributed by atoms with van der Waals surface area (Å²) in [6.45, 7) is 5.91. The van der Waals surface area contributed by atoms with Crippen molar-refractivity contribution in [3.05, 3.63) is 99.7 Å². The Morgan fingerprint density at radius 2 is 1.56 bits per heavy atom. The van der Waals surface area contributed by atoms with Crippen LogP contribution < -0.4 is 9.64 Å². The van der Waals surface area contributed by atoms with Gasteiger partial charge in [0.25, 0.3) is 0 Å². The van der Waals surface area contributed by atoms with E-state index in [9.17, 15) is 35.9 Å². The largest absolute Gasteiger partial charge is 0.496 e. The number of esters is 1. The van der Waals surface area contributed by atoms with E-state index in [0.29, 0.717) is 52.5 Å². The maximum Gasteiger partial charge on any atom is 0.416 e. The zero-order chi connectivity index (χ0) is 39.4. The van der Waals surface area contributed by atoms with Crippen LogP contribution in [0.25, 0.3) is 22.3 Å². The van der Waals surface area contributed by atoms with Gasteiger partial charge in [0.1, 0.15) is 17.7 Å². The molecule has 286 valence electrons. The van der Waals surface area contributed by atoms with E-state index in [0.717, 1.165) is 22.3 Å². The normalized spacial score (nSPS) is 18.5. The molecule has 0 spiro atoms. The molecule has 3 heterocycles. The minimum Gasteiger partial charge on any atom is -0.496 e. The number of halogens is 6. The van der Waals surface area contributed by atoms with E-state index in [4.69, 9.17) is 19.2 Å². The van der Waals surface area contributed by atoms with Crippen molar-refractivity contribution in [2.45, 2.75) is 70.1 Å². The number of fused-ring (bicyclic) bond motifs is 1. The summed E-state index contributed by atoms with van der Waals surface area (Å²) < 4.78 is 99.2. The SMILES string of the molecule is COC(=O)c1ccc(-c2ccc(OC)c(-c3cc(C(C)C)c(N(C)C)nc3[C@@H]3CC[C@H]4[C@@H](c5cc(C(F)(F)F)cc(C(F)(F)F)c5)OC(=O)N34)c2)c(C)c1. The number of benzene rings is 3. The second kappa shape index (κ2) is 14.2. The van der Waals surface area contributed by atoms with E-state index in [-0.39, 0.29) is 24.0 Å². The molecule has 3 atom stereocenters. The zero-order valence-corrected chi connectivity index (χ0v) is 30.6. The summed E-state index contributed by atoms with van der Waals surface area (Å²) in [6, 6.07) is 12.5. The molecule has 0 saturated carbocycles. The van der Waals surface area contributed by atoms with Gasteiger partial charge in [-0.3, -0.25) is 4.90 Å². The van der Waals surface area contributed by atoms with E-state index < -0.39 is 53.7 Å². The highest BCUT2D eigenvalue weighted by atomic mass is 19.4. The van der Waals surface area contributed by atoms with Gasteiger partial charge in [-0.25, -0.2) is 14.6 Å². The van der Waals surface area contributed by atoms with Gasteiger partial charge in [-0.05, 0) is 102 Å². The number of pyridine rings is 1. The third kappa shape index (κ3) is 7.05. The smallest absolute Gasteiger partial charge is 0.416 e. The number of ether oxygens (including phenoxy) is 3. The first kappa shape index (κ1) is 38.5. The minimum absolute atomic E-state index is 0.00573. The van der Waals surface area contributed by atoms with Crippen LogP contribution in [0.1, 0.15) is 88.6 Å². The number of hydrogen-bond acceptors (Lipinski definition) is 7. The van der Waals surface area contributed by atoms with E-state index in [1.807, 2.05) is 64.0 Å². The molecule has 0 aliphatic carbocycles. The predicted molar refractivity (Wildman–Crippen MR) is 189 cm³/mol. The number of aryl methyl sites for hydroxylation is 1. The van der Waals surface area contributed by atoms with Crippen LogP contribution in [-0.4, -0.2) is 56.3 Å². The van der Waals surface area contributed by atoms with E-state index in [1.165, 1.54) is 19.1 Å². The van der Waals surface area contributed by atoms with Crippen LogP contribution in [0.2, 0.25) is 0 Å². The van der Waals surface area contributed by atoms with Crippen molar-refractivity contribution in [1.29, 1.82) is 0 Å². The minimum atomic E-state index is -5.06. The zero-order valence-electron chi connectivity index (χ0n) is 30.6. The lowest BCUT2D eigenvalue weighted by Crippen LogP contribution is -2.31. The molecule has 2 saturated heterocycles. The number of anilines is 1. The van der Waals surface area contributed by atoms with Crippen molar-refractivity contribution in [3.8, 4) is 28.0 Å². The molecule has 3 aromatic carbocycles. The Morgan fingerprint density at radius 1 is 0.889 bits per heavy atom. The summed E-state index contributed by atoms with van der Waals surface area (Å²) in [7, 11) is 6.51. The molecule has 0 unspecified atom stereocenters. The number of hydrogen-bond donors (Lipinski definition) is 0. The summed E-state index contributed by atoms with van der Waals surface area (Å²) in [4.78, 5) is 34.3. The van der Waals surface area contributed by atoms with Crippen LogP contribution in [0, 0.1) is 6.92 Å². The number of methoxy groups -OCH3 is 2. The molecule has 8 nitrogen and oxygen atoms in total. The van der Waals surface area contributed by atoms with Crippen molar-refractivity contribution in [2.24, 2.45) is 0 Å². The molecule has 54 heavy (non-hydrogen) atoms. The highest BCUT2D eigenvalue weighted by molar-refractivity contribution is 5.91. The van der Waals surface area contributed by atoms with E-state index in [2.05, 4.69) is 0 Å². The van der Waals surface area contributed by atoms with Crippen LogP contribution >= 0.6 is 0 Å². The average Bonchev–Trinajstić information content (AvgIpc) is 3.70. The summed E-state index contributed by atoms with van der Waals surface area (Å²) in [5, 5.41) is 0. The first-order valence-electron chi connectivity index (χ1n) is 17.2. The Morgan fingerprint density at radius 3 is 2.11 bits per heavy atom. The predicted octanol–water partition coefficient (Wildman–Crippen LogP) is 10.1. The molecule has 4 aromatic rings. The molecule has 0 radical (unpaired) electrons. The summed E-state index contributed by atoms with van der Waals surface area (Å²) in [6.07, 6.45) is -11.8. The van der Waals surface area contributed by atoms with Gasteiger partial charge >= 0.3 is 24.4 Å². The molecular weight excluding hydrogens is 716 g/mol. The standard InChI is InChI=1S/C40H39F6N3O5/c1-20(2)28-19-30(29-17-22(9-13-33(29)52-6)27-10-8-23(14-21(27)3)37(50)53-7)34(47-36(28)48(4)5)31-11-12-32-35(54-38(51)49(31)32)24-15-25(39(41,42)43)18-26(16-24)40(44,45)46/h8-10,13-20,31-32,35H,11-12H2,1-7H3/t31-,32-,35+/m0/s1. The van der Waals surface area contributed by atoms with Gasteiger partial charge in [0, 0.05) is 25.2 Å². The Bertz CT molecular complexity index is 2080. The molecule has 2 fully saturated rings. The fourth-order valence-corrected chi connectivity index (χ4v) is 7.45. The van der Waals surface area contributed by atoms with Crippen LogP contribution in [0.5, 0.6) is 5.75 Å². The van der Waals surface area contributed by atoms with Crippen LogP contribution in [0.3, 0.4) is 0 Å². The first-order chi connectivity index (χ1) is 25.3. The molecule has 1 amide bonds. The summed E-state index contributed by atoms with van der Waals surface area (Å²) >= 11 is 0. The molecule has 14 heteroatoms. The summed E-state index contributed by atoms with van der Waals surface area (Å²) in [5.74, 6) is 0.668. The number of alkyl halides is 6. The molecular formula is C40H39F6N3O5. The van der Waals surface area contributed by atoms with Crippen molar-refractivity contribution < 1.29 is 50.1 Å². The van der Waals surface area contributed by atoms with Crippen molar-refractivity contribution in [3.63, 3.8) is 0 Å². The van der Waals surface area contributed by atoms with Gasteiger partial charge in [-0.2, -0.15) is 26.3 Å². The van der Waals surface area contributed by atoms with Gasteiger partial charge in [-0.15, -0.1) is 0 Å². The molecule has 1 aromatic heterocycles. The van der Waals surface area contributed by atoms with Crippen LogP contribution in [0.4, 0.5) is 37.0 Å².